The van der Waals surface area contributed by atoms with E-state index >= 15 is 0 Å². The number of carbonyl (C=O) groups excluding carboxylic acids is 2. The van der Waals surface area contributed by atoms with Crippen LogP contribution in [0.5, 0.6) is 0 Å². The molecule has 1 aromatic carbocycles. The third-order valence-electron chi connectivity index (χ3n) is 1.87. The van der Waals surface area contributed by atoms with Gasteiger partial charge in [0, 0.05) is 8.04 Å². The Kier molecular flexibility index (Phi) is 4.72. The van der Waals surface area contributed by atoms with E-state index in [0.29, 0.717) is 19.2 Å². The lowest BCUT2D eigenvalue weighted by Gasteiger charge is -2.07. The first kappa shape index (κ1) is 13.4. The highest BCUT2D eigenvalue weighted by molar-refractivity contribution is 14.1. The molecule has 1 aromatic rings. The summed E-state index contributed by atoms with van der Waals surface area (Å²) in [5.74, 6) is -0.900. The van der Waals surface area contributed by atoms with Gasteiger partial charge in [-0.1, -0.05) is 0 Å². The van der Waals surface area contributed by atoms with Crippen LogP contribution in [0.1, 0.15) is 20.7 Å². The van der Waals surface area contributed by atoms with E-state index in [2.05, 4.69) is 25.4 Å². The number of benzene rings is 1. The molecule has 0 atom stereocenters. The molecule has 0 amide bonds. The first-order chi connectivity index (χ1) is 7.51. The van der Waals surface area contributed by atoms with Crippen LogP contribution in [0.4, 0.5) is 0 Å². The second kappa shape index (κ2) is 5.62. The Morgan fingerprint density at radius 2 is 1.62 bits per heavy atom. The third-order valence-corrected chi connectivity index (χ3v) is 3.42. The smallest absolute Gasteiger partial charge is 0.339 e. The monoisotopic (exact) mass is 398 g/mol. The second-order valence-electron chi connectivity index (χ2n) is 2.80. The molecular weight excluding hydrogens is 391 g/mol. The molecule has 0 bridgehead atoms. The van der Waals surface area contributed by atoms with Crippen molar-refractivity contribution in [1.82, 2.24) is 0 Å². The topological polar surface area (TPSA) is 52.6 Å². The van der Waals surface area contributed by atoms with Crippen molar-refractivity contribution in [1.29, 1.82) is 0 Å². The van der Waals surface area contributed by atoms with Crippen molar-refractivity contribution in [2.45, 2.75) is 0 Å². The lowest BCUT2D eigenvalue weighted by atomic mass is 10.1. The molecule has 86 valence electrons. The molecule has 0 aliphatic carbocycles. The SMILES string of the molecule is COC(=O)c1cc(I)c(C(=O)OC)cc1Br. The molecule has 0 saturated carbocycles. The Labute approximate surface area is 115 Å². The summed E-state index contributed by atoms with van der Waals surface area (Å²) in [5, 5.41) is 0. The van der Waals surface area contributed by atoms with E-state index in [1.54, 1.807) is 12.1 Å². The van der Waals surface area contributed by atoms with Crippen LogP contribution in [-0.2, 0) is 9.47 Å². The fourth-order valence-electron chi connectivity index (χ4n) is 1.08. The lowest BCUT2D eigenvalue weighted by molar-refractivity contribution is 0.0585. The van der Waals surface area contributed by atoms with E-state index in [1.807, 2.05) is 22.6 Å². The number of hydrogen-bond acceptors (Lipinski definition) is 4. The third kappa shape index (κ3) is 2.73. The molecule has 4 nitrogen and oxygen atoms in total. The van der Waals surface area contributed by atoms with Crippen LogP contribution in [0.15, 0.2) is 16.6 Å². The van der Waals surface area contributed by atoms with Crippen molar-refractivity contribution < 1.29 is 19.1 Å². The van der Waals surface area contributed by atoms with E-state index in [9.17, 15) is 9.59 Å². The molecule has 0 unspecified atom stereocenters. The van der Waals surface area contributed by atoms with Crippen LogP contribution < -0.4 is 0 Å². The zero-order valence-electron chi connectivity index (χ0n) is 8.54. The van der Waals surface area contributed by atoms with Crippen LogP contribution in [-0.4, -0.2) is 26.2 Å². The van der Waals surface area contributed by atoms with Gasteiger partial charge in [-0.2, -0.15) is 0 Å². The fraction of sp³-hybridized carbons (Fsp3) is 0.200. The summed E-state index contributed by atoms with van der Waals surface area (Å²) in [4.78, 5) is 22.7. The van der Waals surface area contributed by atoms with Gasteiger partial charge in [0.2, 0.25) is 0 Å². The molecule has 16 heavy (non-hydrogen) atoms. The Balaban J connectivity index is 3.27. The van der Waals surface area contributed by atoms with E-state index in [4.69, 9.17) is 0 Å². The van der Waals surface area contributed by atoms with E-state index in [0.717, 1.165) is 0 Å². The quantitative estimate of drug-likeness (QED) is 0.567. The number of halogens is 2. The van der Waals surface area contributed by atoms with Gasteiger partial charge < -0.3 is 9.47 Å². The molecule has 0 aliphatic rings. The average Bonchev–Trinajstić information content (AvgIpc) is 2.29. The number of carbonyl (C=O) groups is 2. The van der Waals surface area contributed by atoms with Crippen LogP contribution in [0.3, 0.4) is 0 Å². The molecule has 0 aliphatic heterocycles. The zero-order chi connectivity index (χ0) is 12.3. The second-order valence-corrected chi connectivity index (χ2v) is 4.81. The van der Waals surface area contributed by atoms with Crippen molar-refractivity contribution in [2.75, 3.05) is 14.2 Å². The minimum Gasteiger partial charge on any atom is -0.465 e. The summed E-state index contributed by atoms with van der Waals surface area (Å²) in [6.07, 6.45) is 0. The summed E-state index contributed by atoms with van der Waals surface area (Å²) in [5.41, 5.74) is 0.780. The molecule has 0 spiro atoms. The van der Waals surface area contributed by atoms with Crippen molar-refractivity contribution in [3.8, 4) is 0 Å². The van der Waals surface area contributed by atoms with Crippen molar-refractivity contribution >= 4 is 50.5 Å². The maximum Gasteiger partial charge on any atom is 0.339 e. The number of rotatable bonds is 2. The number of hydrogen-bond donors (Lipinski definition) is 0. The standard InChI is InChI=1S/C10H8BrIO4/c1-15-9(13)5-4-8(12)6(3-7(5)11)10(14)16-2/h3-4H,1-2H3. The average molecular weight is 399 g/mol. The summed E-state index contributed by atoms with van der Waals surface area (Å²) >= 11 is 5.17. The molecular formula is C10H8BrIO4. The van der Waals surface area contributed by atoms with Crippen molar-refractivity contribution in [3.63, 3.8) is 0 Å². The van der Waals surface area contributed by atoms with Gasteiger partial charge in [-0.3, -0.25) is 0 Å². The van der Waals surface area contributed by atoms with Gasteiger partial charge in [-0.25, -0.2) is 9.59 Å². The highest BCUT2D eigenvalue weighted by Gasteiger charge is 2.17. The summed E-state index contributed by atoms with van der Waals surface area (Å²) in [6, 6.07) is 3.11. The molecule has 6 heteroatoms. The van der Waals surface area contributed by atoms with Gasteiger partial charge in [0.25, 0.3) is 0 Å². The van der Waals surface area contributed by atoms with Crippen LogP contribution in [0.2, 0.25) is 0 Å². The maximum absolute atomic E-state index is 11.4. The molecule has 0 radical (unpaired) electrons. The molecule has 0 aromatic heterocycles. The number of ether oxygens (including phenoxy) is 2. The fourth-order valence-corrected chi connectivity index (χ4v) is 2.27. The van der Waals surface area contributed by atoms with Crippen LogP contribution in [0.25, 0.3) is 0 Å². The highest BCUT2D eigenvalue weighted by Crippen LogP contribution is 2.24. The highest BCUT2D eigenvalue weighted by atomic mass is 127. The van der Waals surface area contributed by atoms with Crippen molar-refractivity contribution in [2.24, 2.45) is 0 Å². The van der Waals surface area contributed by atoms with Crippen LogP contribution in [0, 0.1) is 3.57 Å². The Morgan fingerprint density at radius 3 is 2.12 bits per heavy atom. The van der Waals surface area contributed by atoms with E-state index in [1.165, 1.54) is 14.2 Å². The summed E-state index contributed by atoms with van der Waals surface area (Å²) in [6.45, 7) is 0. The van der Waals surface area contributed by atoms with Crippen molar-refractivity contribution in [3.05, 3.63) is 31.3 Å². The minimum atomic E-state index is -0.457. The summed E-state index contributed by atoms with van der Waals surface area (Å²) < 4.78 is 10.4. The normalized spacial score (nSPS) is 9.75. The molecule has 0 heterocycles. The lowest BCUT2D eigenvalue weighted by Crippen LogP contribution is -2.08. The number of methoxy groups -OCH3 is 2. The molecule has 0 saturated heterocycles. The van der Waals surface area contributed by atoms with Gasteiger partial charge in [0.1, 0.15) is 0 Å². The molecule has 1 rings (SSSR count). The van der Waals surface area contributed by atoms with Gasteiger partial charge in [-0.05, 0) is 50.7 Å². The summed E-state index contributed by atoms with van der Waals surface area (Å²) in [7, 11) is 2.61. The maximum atomic E-state index is 11.4. The Hall–Kier alpha value is -0.630. The van der Waals surface area contributed by atoms with Gasteiger partial charge >= 0.3 is 11.9 Å². The van der Waals surface area contributed by atoms with Crippen LogP contribution >= 0.6 is 38.5 Å². The van der Waals surface area contributed by atoms with Gasteiger partial charge in [-0.15, -0.1) is 0 Å². The van der Waals surface area contributed by atoms with Gasteiger partial charge in [0.15, 0.2) is 0 Å². The van der Waals surface area contributed by atoms with E-state index < -0.39 is 11.9 Å². The molecule has 0 N–H and O–H groups in total. The zero-order valence-corrected chi connectivity index (χ0v) is 12.3. The predicted molar refractivity (Wildman–Crippen MR) is 69.5 cm³/mol. The van der Waals surface area contributed by atoms with Gasteiger partial charge in [0.05, 0.1) is 25.3 Å². The predicted octanol–water partition coefficient (Wildman–Crippen LogP) is 2.63. The molecule has 0 fully saturated rings. The number of esters is 2. The first-order valence-corrected chi connectivity index (χ1v) is 6.04. The first-order valence-electron chi connectivity index (χ1n) is 4.17. The Bertz CT molecular complexity index is 403. The minimum absolute atomic E-state index is 0.375. The van der Waals surface area contributed by atoms with E-state index in [-0.39, 0.29) is 0 Å². The largest absolute Gasteiger partial charge is 0.465 e. The Morgan fingerprint density at radius 1 is 1.12 bits per heavy atom.